The smallest absolute Gasteiger partial charge is 0.313 e. The van der Waals surface area contributed by atoms with Crippen molar-refractivity contribution < 1.29 is 28.9 Å². The van der Waals surface area contributed by atoms with Gasteiger partial charge in [-0.3, -0.25) is 9.59 Å². The van der Waals surface area contributed by atoms with Crippen LogP contribution in [0, 0.1) is 0 Å². The molecule has 2 aliphatic rings. The molecule has 2 aromatic rings. The minimum absolute atomic E-state index is 0.0965. The zero-order valence-electron chi connectivity index (χ0n) is 14.4. The molecule has 2 aliphatic heterocycles. The van der Waals surface area contributed by atoms with Crippen molar-refractivity contribution in [2.75, 3.05) is 25.3 Å². The molecule has 2 amide bonds. The maximum atomic E-state index is 12.2. The molecular weight excluding hydrogens is 352 g/mol. The molecule has 2 aromatic carbocycles. The molecule has 0 unspecified atom stereocenters. The van der Waals surface area contributed by atoms with E-state index in [2.05, 4.69) is 10.6 Å². The van der Waals surface area contributed by atoms with Crippen molar-refractivity contribution >= 4 is 17.5 Å². The summed E-state index contributed by atoms with van der Waals surface area (Å²) in [6, 6.07) is 11.9. The molecule has 0 bridgehead atoms. The van der Waals surface area contributed by atoms with Gasteiger partial charge in [0.2, 0.25) is 6.79 Å². The van der Waals surface area contributed by atoms with Gasteiger partial charge in [0.1, 0.15) is 11.4 Å². The monoisotopic (exact) mass is 370 g/mol. The standard InChI is InChI=1S/C19H18N2O6/c22-17(18(23)21-12-5-6-15-16(9-12)27-11-26-15)20-10-19(24)7-8-25-14-4-2-1-3-13(14)19/h1-6,9,24H,7-8,10-11H2,(H,20,22)(H,21,23)/t19-/m1/s1. The predicted molar refractivity (Wildman–Crippen MR) is 94.7 cm³/mol. The Bertz CT molecular complexity index is 900. The maximum absolute atomic E-state index is 12.2. The number of hydrogen-bond donors (Lipinski definition) is 3. The SMILES string of the molecule is O=C(NC[C@]1(O)CCOc2ccccc21)C(=O)Nc1ccc2c(c1)OCO2. The zero-order valence-corrected chi connectivity index (χ0v) is 14.4. The lowest BCUT2D eigenvalue weighted by Gasteiger charge is -2.34. The molecule has 0 saturated carbocycles. The Morgan fingerprint density at radius 2 is 1.81 bits per heavy atom. The van der Waals surface area contributed by atoms with Crippen LogP contribution in [-0.4, -0.2) is 36.9 Å². The second kappa shape index (κ2) is 6.81. The van der Waals surface area contributed by atoms with Crippen LogP contribution in [0.15, 0.2) is 42.5 Å². The number of benzene rings is 2. The number of ether oxygens (including phenoxy) is 3. The summed E-state index contributed by atoms with van der Waals surface area (Å²) in [6.45, 7) is 0.352. The summed E-state index contributed by atoms with van der Waals surface area (Å²) >= 11 is 0. The second-order valence-electron chi connectivity index (χ2n) is 6.33. The summed E-state index contributed by atoms with van der Waals surface area (Å²) in [6.07, 6.45) is 0.314. The van der Waals surface area contributed by atoms with Crippen molar-refractivity contribution in [1.82, 2.24) is 5.32 Å². The molecule has 140 valence electrons. The molecule has 0 aliphatic carbocycles. The summed E-state index contributed by atoms with van der Waals surface area (Å²) in [5.74, 6) is -0.0210. The predicted octanol–water partition coefficient (Wildman–Crippen LogP) is 1.14. The minimum Gasteiger partial charge on any atom is -0.493 e. The first-order valence-electron chi connectivity index (χ1n) is 8.49. The Labute approximate surface area is 155 Å². The van der Waals surface area contributed by atoms with Crippen molar-refractivity contribution in [3.05, 3.63) is 48.0 Å². The van der Waals surface area contributed by atoms with Crippen molar-refractivity contribution in [3.8, 4) is 17.2 Å². The first kappa shape index (κ1) is 17.2. The van der Waals surface area contributed by atoms with Crippen LogP contribution < -0.4 is 24.8 Å². The molecule has 0 saturated heterocycles. The van der Waals surface area contributed by atoms with Gasteiger partial charge in [0.05, 0.1) is 13.2 Å². The number of anilines is 1. The highest BCUT2D eigenvalue weighted by Gasteiger charge is 2.36. The third kappa shape index (κ3) is 3.39. The summed E-state index contributed by atoms with van der Waals surface area (Å²) in [4.78, 5) is 24.3. The van der Waals surface area contributed by atoms with Gasteiger partial charge in [-0.15, -0.1) is 0 Å². The van der Waals surface area contributed by atoms with E-state index in [0.29, 0.717) is 41.5 Å². The molecule has 0 radical (unpaired) electrons. The van der Waals surface area contributed by atoms with Gasteiger partial charge >= 0.3 is 11.8 Å². The molecule has 2 heterocycles. The highest BCUT2D eigenvalue weighted by atomic mass is 16.7. The average Bonchev–Trinajstić information content (AvgIpc) is 3.14. The average molecular weight is 370 g/mol. The van der Waals surface area contributed by atoms with Gasteiger partial charge in [0.15, 0.2) is 11.5 Å². The van der Waals surface area contributed by atoms with E-state index < -0.39 is 17.4 Å². The van der Waals surface area contributed by atoms with E-state index in [9.17, 15) is 14.7 Å². The lowest BCUT2D eigenvalue weighted by molar-refractivity contribution is -0.137. The largest absolute Gasteiger partial charge is 0.493 e. The molecule has 1 atom stereocenters. The molecule has 3 N–H and O–H groups in total. The number of carbonyl (C=O) groups excluding carboxylic acids is 2. The van der Waals surface area contributed by atoms with Gasteiger partial charge in [-0.2, -0.15) is 0 Å². The highest BCUT2D eigenvalue weighted by Crippen LogP contribution is 2.36. The van der Waals surface area contributed by atoms with E-state index in [1.165, 1.54) is 0 Å². The van der Waals surface area contributed by atoms with Crippen LogP contribution in [0.5, 0.6) is 17.2 Å². The normalized spacial score (nSPS) is 19.6. The number of carbonyl (C=O) groups is 2. The van der Waals surface area contributed by atoms with Gasteiger partial charge in [-0.1, -0.05) is 18.2 Å². The molecule has 27 heavy (non-hydrogen) atoms. The third-order valence-electron chi connectivity index (χ3n) is 4.54. The van der Waals surface area contributed by atoms with E-state index in [-0.39, 0.29) is 13.3 Å². The Hall–Kier alpha value is -3.26. The van der Waals surface area contributed by atoms with Gasteiger partial charge < -0.3 is 30.0 Å². The first-order valence-corrected chi connectivity index (χ1v) is 8.49. The van der Waals surface area contributed by atoms with Crippen molar-refractivity contribution in [2.45, 2.75) is 12.0 Å². The van der Waals surface area contributed by atoms with Crippen LogP contribution in [-0.2, 0) is 15.2 Å². The number of nitrogens with one attached hydrogen (secondary N) is 2. The first-order chi connectivity index (χ1) is 13.0. The Morgan fingerprint density at radius 1 is 1.00 bits per heavy atom. The summed E-state index contributed by atoms with van der Waals surface area (Å²) in [7, 11) is 0. The summed E-state index contributed by atoms with van der Waals surface area (Å²) in [5.41, 5.74) is -0.286. The van der Waals surface area contributed by atoms with Crippen molar-refractivity contribution in [2.24, 2.45) is 0 Å². The fourth-order valence-electron chi connectivity index (χ4n) is 3.09. The van der Waals surface area contributed by atoms with Gasteiger partial charge in [-0.05, 0) is 18.2 Å². The molecular formula is C19H18N2O6. The number of hydrogen-bond acceptors (Lipinski definition) is 6. The van der Waals surface area contributed by atoms with Gasteiger partial charge in [0, 0.05) is 23.7 Å². The van der Waals surface area contributed by atoms with E-state index in [4.69, 9.17) is 14.2 Å². The van der Waals surface area contributed by atoms with Crippen LogP contribution in [0.3, 0.4) is 0 Å². The summed E-state index contributed by atoms with van der Waals surface area (Å²) in [5, 5.41) is 15.9. The van der Waals surface area contributed by atoms with Crippen molar-refractivity contribution in [1.29, 1.82) is 0 Å². The number of rotatable bonds is 3. The lowest BCUT2D eigenvalue weighted by atomic mass is 9.88. The Morgan fingerprint density at radius 3 is 2.70 bits per heavy atom. The molecule has 0 fully saturated rings. The Balaban J connectivity index is 1.39. The van der Waals surface area contributed by atoms with Crippen LogP contribution in [0.2, 0.25) is 0 Å². The van der Waals surface area contributed by atoms with Gasteiger partial charge in [0.25, 0.3) is 0 Å². The van der Waals surface area contributed by atoms with E-state index in [1.54, 1.807) is 36.4 Å². The zero-order chi connectivity index (χ0) is 18.9. The van der Waals surface area contributed by atoms with Crippen LogP contribution in [0.25, 0.3) is 0 Å². The molecule has 4 rings (SSSR count). The van der Waals surface area contributed by atoms with Crippen LogP contribution >= 0.6 is 0 Å². The van der Waals surface area contributed by atoms with E-state index in [0.717, 1.165) is 0 Å². The third-order valence-corrected chi connectivity index (χ3v) is 4.54. The number of para-hydroxylation sites is 1. The molecule has 8 heteroatoms. The quantitative estimate of drug-likeness (QED) is 0.700. The fraction of sp³-hybridized carbons (Fsp3) is 0.263. The van der Waals surface area contributed by atoms with E-state index in [1.807, 2.05) is 6.07 Å². The highest BCUT2D eigenvalue weighted by molar-refractivity contribution is 6.39. The minimum atomic E-state index is -1.29. The van der Waals surface area contributed by atoms with Gasteiger partial charge in [-0.25, -0.2) is 0 Å². The fourth-order valence-corrected chi connectivity index (χ4v) is 3.09. The topological polar surface area (TPSA) is 106 Å². The maximum Gasteiger partial charge on any atom is 0.313 e. The summed E-state index contributed by atoms with van der Waals surface area (Å²) < 4.78 is 15.9. The number of amides is 2. The van der Waals surface area contributed by atoms with Crippen molar-refractivity contribution in [3.63, 3.8) is 0 Å². The lowest BCUT2D eigenvalue weighted by Crippen LogP contribution is -2.46. The molecule has 0 spiro atoms. The number of fused-ring (bicyclic) bond motifs is 2. The Kier molecular flexibility index (Phi) is 4.33. The second-order valence-corrected chi connectivity index (χ2v) is 6.33. The van der Waals surface area contributed by atoms with Crippen LogP contribution in [0.4, 0.5) is 5.69 Å². The van der Waals surface area contributed by atoms with Crippen LogP contribution in [0.1, 0.15) is 12.0 Å². The molecule has 8 nitrogen and oxygen atoms in total. The molecule has 0 aromatic heterocycles. The van der Waals surface area contributed by atoms with E-state index >= 15 is 0 Å². The number of aliphatic hydroxyl groups is 1.